The van der Waals surface area contributed by atoms with Crippen LogP contribution in [0.25, 0.3) is 34.2 Å². The number of benzene rings is 3. The fourth-order valence-corrected chi connectivity index (χ4v) is 4.05. The van der Waals surface area contributed by atoms with Gasteiger partial charge >= 0.3 is 5.97 Å². The van der Waals surface area contributed by atoms with Gasteiger partial charge in [-0.25, -0.2) is 4.79 Å². The minimum absolute atomic E-state index is 0.187. The molecule has 1 heterocycles. The molecule has 0 aliphatic rings. The lowest BCUT2D eigenvalue weighted by molar-refractivity contribution is 0.0686. The molecule has 4 heteroatoms. The zero-order valence-corrected chi connectivity index (χ0v) is 17.7. The highest BCUT2D eigenvalue weighted by atomic mass is 16.4. The van der Waals surface area contributed by atoms with E-state index < -0.39 is 5.97 Å². The molecule has 0 bridgehead atoms. The number of rotatable bonds is 6. The lowest BCUT2D eigenvalue weighted by Gasteiger charge is -2.16. The first-order valence-corrected chi connectivity index (χ1v) is 10.3. The van der Waals surface area contributed by atoms with Crippen molar-refractivity contribution < 1.29 is 9.90 Å². The minimum Gasteiger partial charge on any atom is -0.477 e. The van der Waals surface area contributed by atoms with Crippen LogP contribution >= 0.6 is 0 Å². The Kier molecular flexibility index (Phi) is 5.74. The minimum atomic E-state index is -1.00. The molecule has 3 aromatic carbocycles. The van der Waals surface area contributed by atoms with Crippen LogP contribution in [-0.2, 0) is 6.54 Å². The fourth-order valence-electron chi connectivity index (χ4n) is 4.05. The van der Waals surface area contributed by atoms with E-state index in [1.54, 1.807) is 28.8 Å². The second-order valence-corrected chi connectivity index (χ2v) is 7.51. The van der Waals surface area contributed by atoms with Crippen LogP contribution in [0.3, 0.4) is 0 Å². The van der Waals surface area contributed by atoms with Gasteiger partial charge in [0.2, 0.25) is 0 Å². The topological polar surface area (TPSA) is 66.0 Å². The molecular weight excluding hydrogens is 396 g/mol. The summed E-state index contributed by atoms with van der Waals surface area (Å²) in [5, 5.41) is 20.0. The number of hydrogen-bond donors (Lipinski definition) is 1. The number of fused-ring (bicyclic) bond motifs is 1. The maximum atomic E-state index is 12.0. The number of allylic oxidation sites excluding steroid dienone is 1. The average molecular weight is 418 g/mol. The summed E-state index contributed by atoms with van der Waals surface area (Å²) in [7, 11) is 0. The van der Waals surface area contributed by atoms with Crippen LogP contribution in [0.15, 0.2) is 79.4 Å². The number of aromatic nitrogens is 1. The molecule has 0 aliphatic heterocycles. The van der Waals surface area contributed by atoms with Crippen molar-refractivity contribution in [2.45, 2.75) is 13.5 Å². The number of nitriles is 1. The van der Waals surface area contributed by atoms with Crippen LogP contribution in [0, 0.1) is 11.3 Å². The van der Waals surface area contributed by atoms with Crippen molar-refractivity contribution in [3.05, 3.63) is 107 Å². The molecule has 0 radical (unpaired) electrons. The van der Waals surface area contributed by atoms with E-state index >= 15 is 0 Å². The van der Waals surface area contributed by atoms with Gasteiger partial charge in [0.15, 0.2) is 0 Å². The molecule has 1 N–H and O–H groups in total. The third-order valence-corrected chi connectivity index (χ3v) is 5.54. The predicted octanol–water partition coefficient (Wildman–Crippen LogP) is 6.60. The SMILES string of the molecule is C=Cc1cc(-c2ccccc2)cc(Cn2c(C(=O)O)cc3ccc(C#N)cc32)c1/C=C\C. The molecular formula is C28H22N2O2. The predicted molar refractivity (Wildman–Crippen MR) is 129 cm³/mol. The molecule has 0 fully saturated rings. The first kappa shape index (κ1) is 20.9. The third kappa shape index (κ3) is 3.84. The van der Waals surface area contributed by atoms with Crippen molar-refractivity contribution in [2.75, 3.05) is 0 Å². The van der Waals surface area contributed by atoms with Gasteiger partial charge < -0.3 is 9.67 Å². The summed E-state index contributed by atoms with van der Waals surface area (Å²) in [6, 6.07) is 23.3. The summed E-state index contributed by atoms with van der Waals surface area (Å²) in [4.78, 5) is 12.0. The molecule has 0 unspecified atom stereocenters. The Morgan fingerprint density at radius 2 is 1.88 bits per heavy atom. The zero-order chi connectivity index (χ0) is 22.7. The first-order chi connectivity index (χ1) is 15.5. The van der Waals surface area contributed by atoms with Gasteiger partial charge in [0.1, 0.15) is 5.69 Å². The lowest BCUT2D eigenvalue weighted by Crippen LogP contribution is -2.11. The molecule has 1 aromatic heterocycles. The van der Waals surface area contributed by atoms with Crippen molar-refractivity contribution in [1.29, 1.82) is 5.26 Å². The molecule has 32 heavy (non-hydrogen) atoms. The maximum Gasteiger partial charge on any atom is 0.352 e. The van der Waals surface area contributed by atoms with Crippen molar-refractivity contribution in [2.24, 2.45) is 0 Å². The smallest absolute Gasteiger partial charge is 0.352 e. The van der Waals surface area contributed by atoms with Gasteiger partial charge in [0.05, 0.1) is 17.1 Å². The van der Waals surface area contributed by atoms with Crippen LogP contribution < -0.4 is 0 Å². The first-order valence-electron chi connectivity index (χ1n) is 10.3. The van der Waals surface area contributed by atoms with Gasteiger partial charge in [0.25, 0.3) is 0 Å². The average Bonchev–Trinajstić information content (AvgIpc) is 3.18. The highest BCUT2D eigenvalue weighted by molar-refractivity contribution is 5.95. The van der Waals surface area contributed by atoms with E-state index in [-0.39, 0.29) is 5.69 Å². The molecule has 4 rings (SSSR count). The molecule has 0 saturated carbocycles. The summed E-state index contributed by atoms with van der Waals surface area (Å²) >= 11 is 0. The van der Waals surface area contributed by atoms with Gasteiger partial charge in [-0.05, 0) is 65.1 Å². The second-order valence-electron chi connectivity index (χ2n) is 7.51. The van der Waals surface area contributed by atoms with Crippen LogP contribution in [0.5, 0.6) is 0 Å². The number of hydrogen-bond acceptors (Lipinski definition) is 2. The second kappa shape index (κ2) is 8.79. The van der Waals surface area contributed by atoms with Crippen LogP contribution in [0.1, 0.15) is 39.7 Å². The number of carboxylic acids is 1. The molecule has 0 aliphatic carbocycles. The van der Waals surface area contributed by atoms with E-state index in [0.29, 0.717) is 12.1 Å². The van der Waals surface area contributed by atoms with Gasteiger partial charge in [0, 0.05) is 11.9 Å². The fraction of sp³-hybridized carbons (Fsp3) is 0.0714. The zero-order valence-electron chi connectivity index (χ0n) is 17.7. The van der Waals surface area contributed by atoms with E-state index in [0.717, 1.165) is 38.7 Å². The third-order valence-electron chi connectivity index (χ3n) is 5.54. The monoisotopic (exact) mass is 418 g/mol. The highest BCUT2D eigenvalue weighted by Crippen LogP contribution is 2.30. The Balaban J connectivity index is 1.97. The standard InChI is InChI=1S/C28H22N2O2/c1-3-8-25-20(4-2)14-23(21-9-6-5-7-10-21)15-24(25)18-30-26-13-19(17-29)11-12-22(26)16-27(30)28(31)32/h3-16H,2,18H2,1H3,(H,31,32)/b8-3-. The molecule has 0 amide bonds. The highest BCUT2D eigenvalue weighted by Gasteiger charge is 2.18. The van der Waals surface area contributed by atoms with E-state index in [9.17, 15) is 15.2 Å². The van der Waals surface area contributed by atoms with Gasteiger partial charge in [-0.15, -0.1) is 0 Å². The summed E-state index contributed by atoms with van der Waals surface area (Å²) in [6.45, 7) is 6.30. The van der Waals surface area contributed by atoms with Gasteiger partial charge in [-0.3, -0.25) is 0 Å². The number of aromatic carboxylic acids is 1. The Morgan fingerprint density at radius 1 is 1.09 bits per heavy atom. The molecule has 4 aromatic rings. The number of carboxylic acid groups (broad SMARTS) is 1. The van der Waals surface area contributed by atoms with Crippen LogP contribution in [0.2, 0.25) is 0 Å². The summed E-state index contributed by atoms with van der Waals surface area (Å²) in [6.07, 6.45) is 5.81. The summed E-state index contributed by atoms with van der Waals surface area (Å²) in [5.41, 5.74) is 6.46. The Labute approximate surface area is 187 Å². The van der Waals surface area contributed by atoms with Crippen molar-refractivity contribution in [3.63, 3.8) is 0 Å². The van der Waals surface area contributed by atoms with Crippen molar-refractivity contribution in [3.8, 4) is 17.2 Å². The molecule has 0 saturated heterocycles. The van der Waals surface area contributed by atoms with Crippen LogP contribution in [-0.4, -0.2) is 15.6 Å². The normalized spacial score (nSPS) is 11.0. The Morgan fingerprint density at radius 3 is 2.53 bits per heavy atom. The largest absolute Gasteiger partial charge is 0.477 e. The number of carbonyl (C=O) groups is 1. The molecule has 0 spiro atoms. The Bertz CT molecular complexity index is 1400. The summed E-state index contributed by atoms with van der Waals surface area (Å²) < 4.78 is 1.77. The summed E-state index contributed by atoms with van der Waals surface area (Å²) in [5.74, 6) is -1.00. The van der Waals surface area contributed by atoms with E-state index in [4.69, 9.17) is 0 Å². The van der Waals surface area contributed by atoms with E-state index in [1.165, 1.54) is 0 Å². The number of nitrogens with zero attached hydrogens (tertiary/aromatic N) is 2. The van der Waals surface area contributed by atoms with E-state index in [2.05, 4.69) is 24.8 Å². The van der Waals surface area contributed by atoms with Crippen molar-refractivity contribution in [1.82, 2.24) is 4.57 Å². The lowest BCUT2D eigenvalue weighted by atomic mass is 9.93. The van der Waals surface area contributed by atoms with Crippen molar-refractivity contribution >= 4 is 29.0 Å². The van der Waals surface area contributed by atoms with Gasteiger partial charge in [-0.1, -0.05) is 61.2 Å². The molecule has 156 valence electrons. The van der Waals surface area contributed by atoms with Crippen LogP contribution in [0.4, 0.5) is 0 Å². The van der Waals surface area contributed by atoms with E-state index in [1.807, 2.05) is 55.5 Å². The quantitative estimate of drug-likeness (QED) is 0.383. The molecule has 4 nitrogen and oxygen atoms in total. The maximum absolute atomic E-state index is 12.0. The van der Waals surface area contributed by atoms with Gasteiger partial charge in [-0.2, -0.15) is 5.26 Å². The Hall–Kier alpha value is -4.36. The molecule has 0 atom stereocenters.